The summed E-state index contributed by atoms with van der Waals surface area (Å²) in [6.07, 6.45) is 0. The topological polar surface area (TPSA) is 81.4 Å². The van der Waals surface area contributed by atoms with E-state index in [4.69, 9.17) is 9.26 Å². The molecule has 0 amide bonds. The Hall–Kier alpha value is -1.86. The van der Waals surface area contributed by atoms with Crippen LogP contribution in [0, 0.1) is 13.8 Å². The van der Waals surface area contributed by atoms with Crippen LogP contribution in [0.25, 0.3) is 0 Å². The summed E-state index contributed by atoms with van der Waals surface area (Å²) in [4.78, 5) is 0.0917. The minimum Gasteiger partial charge on any atom is -0.492 e. The van der Waals surface area contributed by atoms with Crippen LogP contribution in [0.4, 0.5) is 0 Å². The van der Waals surface area contributed by atoms with Crippen LogP contribution in [0.3, 0.4) is 0 Å². The molecule has 0 unspecified atom stereocenters. The first-order valence-electron chi connectivity index (χ1n) is 6.53. The molecule has 2 rings (SSSR count). The SMILES string of the molecule is Cc1noc(C)c1S(=O)(=O)N[C@H](C)COc1ccccc1. The van der Waals surface area contributed by atoms with Gasteiger partial charge < -0.3 is 9.26 Å². The lowest BCUT2D eigenvalue weighted by Gasteiger charge is -2.15. The van der Waals surface area contributed by atoms with Gasteiger partial charge in [0.2, 0.25) is 10.0 Å². The zero-order chi connectivity index (χ0) is 15.5. The molecule has 0 saturated carbocycles. The van der Waals surface area contributed by atoms with Gasteiger partial charge in [0.05, 0.1) is 6.04 Å². The lowest BCUT2D eigenvalue weighted by molar-refractivity contribution is 0.287. The van der Waals surface area contributed by atoms with Crippen LogP contribution in [0.15, 0.2) is 39.8 Å². The van der Waals surface area contributed by atoms with E-state index in [-0.39, 0.29) is 23.3 Å². The lowest BCUT2D eigenvalue weighted by Crippen LogP contribution is -2.37. The van der Waals surface area contributed by atoms with Gasteiger partial charge in [-0.05, 0) is 32.9 Å². The van der Waals surface area contributed by atoms with Crippen LogP contribution in [-0.2, 0) is 10.0 Å². The monoisotopic (exact) mass is 310 g/mol. The smallest absolute Gasteiger partial charge is 0.246 e. The highest BCUT2D eigenvalue weighted by Crippen LogP contribution is 2.19. The predicted octanol–water partition coefficient (Wildman–Crippen LogP) is 2.04. The van der Waals surface area contributed by atoms with Crippen molar-refractivity contribution in [1.29, 1.82) is 0 Å². The Morgan fingerprint density at radius 1 is 1.29 bits per heavy atom. The van der Waals surface area contributed by atoms with Crippen molar-refractivity contribution in [2.75, 3.05) is 6.61 Å². The first-order chi connectivity index (χ1) is 9.90. The standard InChI is InChI=1S/C14H18N2O4S/c1-10(9-19-13-7-5-4-6-8-13)16-21(17,18)14-11(2)15-20-12(14)3/h4-8,10,16H,9H2,1-3H3/t10-/m1/s1. The molecule has 0 aliphatic carbocycles. The van der Waals surface area contributed by atoms with Crippen LogP contribution in [0.2, 0.25) is 0 Å². The molecule has 1 aromatic carbocycles. The molecule has 1 heterocycles. The number of para-hydroxylation sites is 1. The highest BCUT2D eigenvalue weighted by atomic mass is 32.2. The number of hydrogen-bond donors (Lipinski definition) is 1. The average Bonchev–Trinajstić information content (AvgIpc) is 2.77. The van der Waals surface area contributed by atoms with E-state index in [0.29, 0.717) is 11.4 Å². The molecule has 6 nitrogen and oxygen atoms in total. The average molecular weight is 310 g/mol. The maximum absolute atomic E-state index is 12.3. The fourth-order valence-corrected chi connectivity index (χ4v) is 3.51. The molecule has 2 aromatic rings. The van der Waals surface area contributed by atoms with Gasteiger partial charge >= 0.3 is 0 Å². The van der Waals surface area contributed by atoms with Crippen molar-refractivity contribution >= 4 is 10.0 Å². The Morgan fingerprint density at radius 3 is 2.52 bits per heavy atom. The van der Waals surface area contributed by atoms with E-state index in [1.54, 1.807) is 20.8 Å². The second-order valence-corrected chi connectivity index (χ2v) is 6.45. The van der Waals surface area contributed by atoms with Crippen LogP contribution in [0.1, 0.15) is 18.4 Å². The summed E-state index contributed by atoms with van der Waals surface area (Å²) in [5.41, 5.74) is 0.344. The van der Waals surface area contributed by atoms with Crippen molar-refractivity contribution in [3.05, 3.63) is 41.8 Å². The van der Waals surface area contributed by atoms with E-state index >= 15 is 0 Å². The molecule has 0 aliphatic rings. The van der Waals surface area contributed by atoms with Gasteiger partial charge in [-0.3, -0.25) is 0 Å². The van der Waals surface area contributed by atoms with Gasteiger partial charge in [-0.2, -0.15) is 0 Å². The van der Waals surface area contributed by atoms with E-state index < -0.39 is 10.0 Å². The molecule has 1 aromatic heterocycles. The van der Waals surface area contributed by atoms with Crippen molar-refractivity contribution in [3.63, 3.8) is 0 Å². The van der Waals surface area contributed by atoms with E-state index in [1.165, 1.54) is 0 Å². The van der Waals surface area contributed by atoms with Crippen LogP contribution in [0.5, 0.6) is 5.75 Å². The number of hydrogen-bond acceptors (Lipinski definition) is 5. The van der Waals surface area contributed by atoms with Gasteiger partial charge in [0, 0.05) is 0 Å². The first kappa shape index (κ1) is 15.5. The molecule has 21 heavy (non-hydrogen) atoms. The Bertz CT molecular complexity index is 676. The second kappa shape index (κ2) is 6.28. The molecule has 0 saturated heterocycles. The molecule has 0 aliphatic heterocycles. The minimum absolute atomic E-state index is 0.0917. The maximum Gasteiger partial charge on any atom is 0.246 e. The molecular formula is C14H18N2O4S. The van der Waals surface area contributed by atoms with Gasteiger partial charge in [0.25, 0.3) is 0 Å². The Labute approximate surface area is 124 Å². The lowest BCUT2D eigenvalue weighted by atomic mass is 10.3. The third-order valence-corrected chi connectivity index (χ3v) is 4.67. The van der Waals surface area contributed by atoms with Crippen molar-refractivity contribution in [3.8, 4) is 5.75 Å². The van der Waals surface area contributed by atoms with Gasteiger partial charge in [0.15, 0.2) is 5.76 Å². The highest BCUT2D eigenvalue weighted by molar-refractivity contribution is 7.89. The summed E-state index contributed by atoms with van der Waals surface area (Å²) < 4.78 is 37.6. The summed E-state index contributed by atoms with van der Waals surface area (Å²) in [6, 6.07) is 8.84. The van der Waals surface area contributed by atoms with Crippen molar-refractivity contribution < 1.29 is 17.7 Å². The van der Waals surface area contributed by atoms with E-state index in [1.807, 2.05) is 30.3 Å². The van der Waals surface area contributed by atoms with Gasteiger partial charge in [0.1, 0.15) is 22.9 Å². The predicted molar refractivity (Wildman–Crippen MR) is 77.7 cm³/mol. The number of sulfonamides is 1. The van der Waals surface area contributed by atoms with Crippen LogP contribution >= 0.6 is 0 Å². The Kier molecular flexibility index (Phi) is 4.64. The molecule has 0 fully saturated rings. The maximum atomic E-state index is 12.3. The zero-order valence-electron chi connectivity index (χ0n) is 12.2. The van der Waals surface area contributed by atoms with E-state index in [2.05, 4.69) is 9.88 Å². The van der Waals surface area contributed by atoms with Crippen molar-refractivity contribution in [2.24, 2.45) is 0 Å². The summed E-state index contributed by atoms with van der Waals surface area (Å²) in [7, 11) is -3.67. The number of aromatic nitrogens is 1. The van der Waals surface area contributed by atoms with Crippen LogP contribution < -0.4 is 9.46 Å². The number of rotatable bonds is 6. The third-order valence-electron chi connectivity index (χ3n) is 2.84. The normalized spacial score (nSPS) is 13.1. The van der Waals surface area contributed by atoms with Gasteiger partial charge in [-0.1, -0.05) is 23.4 Å². The number of benzene rings is 1. The molecular weight excluding hydrogens is 292 g/mol. The van der Waals surface area contributed by atoms with Gasteiger partial charge in [-0.15, -0.1) is 0 Å². The Morgan fingerprint density at radius 2 is 1.95 bits per heavy atom. The van der Waals surface area contributed by atoms with Crippen molar-refractivity contribution in [1.82, 2.24) is 9.88 Å². The zero-order valence-corrected chi connectivity index (χ0v) is 13.0. The number of ether oxygens (including phenoxy) is 1. The molecule has 1 atom stereocenters. The fourth-order valence-electron chi connectivity index (χ4n) is 1.95. The minimum atomic E-state index is -3.67. The number of nitrogens with one attached hydrogen (secondary N) is 1. The first-order valence-corrected chi connectivity index (χ1v) is 8.01. The summed E-state index contributed by atoms with van der Waals surface area (Å²) >= 11 is 0. The van der Waals surface area contributed by atoms with Crippen LogP contribution in [-0.4, -0.2) is 26.2 Å². The number of aryl methyl sites for hydroxylation is 2. The molecule has 0 spiro atoms. The van der Waals surface area contributed by atoms with Crippen molar-refractivity contribution in [2.45, 2.75) is 31.7 Å². The summed E-state index contributed by atoms with van der Waals surface area (Å²) in [5, 5.41) is 3.66. The second-order valence-electron chi connectivity index (χ2n) is 4.80. The number of nitrogens with zero attached hydrogens (tertiary/aromatic N) is 1. The summed E-state index contributed by atoms with van der Waals surface area (Å²) in [5.74, 6) is 0.970. The molecule has 0 radical (unpaired) electrons. The van der Waals surface area contributed by atoms with E-state index in [0.717, 1.165) is 0 Å². The van der Waals surface area contributed by atoms with E-state index in [9.17, 15) is 8.42 Å². The fraction of sp³-hybridized carbons (Fsp3) is 0.357. The third kappa shape index (κ3) is 3.83. The highest BCUT2D eigenvalue weighted by Gasteiger charge is 2.25. The Balaban J connectivity index is 2.00. The van der Waals surface area contributed by atoms with Gasteiger partial charge in [-0.25, -0.2) is 13.1 Å². The molecule has 0 bridgehead atoms. The molecule has 114 valence electrons. The molecule has 1 N–H and O–H groups in total. The summed E-state index contributed by atoms with van der Waals surface area (Å²) in [6.45, 7) is 5.13. The largest absolute Gasteiger partial charge is 0.492 e. The quantitative estimate of drug-likeness (QED) is 0.883. The molecule has 7 heteroatoms.